The van der Waals surface area contributed by atoms with Crippen molar-refractivity contribution in [2.24, 2.45) is 11.8 Å². The number of rotatable bonds is 5. The molecule has 4 rings (SSSR count). The van der Waals surface area contributed by atoms with E-state index in [4.69, 9.17) is 0 Å². The molecule has 2 saturated carbocycles. The smallest absolute Gasteiger partial charge is 0.278 e. The van der Waals surface area contributed by atoms with E-state index in [9.17, 15) is 10.1 Å². The number of nitrogens with zero attached hydrogens (tertiary/aromatic N) is 2. The lowest BCUT2D eigenvalue weighted by Gasteiger charge is -2.20. The third-order valence-corrected chi connectivity index (χ3v) is 4.57. The monoisotopic (exact) mass is 283 g/mol. The molecule has 2 aromatic rings. The van der Waals surface area contributed by atoms with Crippen molar-refractivity contribution < 1.29 is 4.92 Å². The number of nitro benzene ring substituents is 1. The Morgan fingerprint density at radius 2 is 1.86 bits per heavy atom. The van der Waals surface area contributed by atoms with Crippen molar-refractivity contribution in [3.05, 3.63) is 40.7 Å². The highest BCUT2D eigenvalue weighted by atomic mass is 16.6. The zero-order chi connectivity index (χ0) is 14.4. The molecule has 108 valence electrons. The second-order valence-corrected chi connectivity index (χ2v) is 6.16. The first-order valence-electron chi connectivity index (χ1n) is 7.51. The van der Waals surface area contributed by atoms with E-state index in [2.05, 4.69) is 10.3 Å². The van der Waals surface area contributed by atoms with Gasteiger partial charge in [0, 0.05) is 35.6 Å². The Hall–Kier alpha value is -2.17. The average molecular weight is 283 g/mol. The summed E-state index contributed by atoms with van der Waals surface area (Å²) in [5, 5.41) is 16.3. The molecule has 2 aliphatic carbocycles. The molecule has 1 aromatic carbocycles. The van der Waals surface area contributed by atoms with Gasteiger partial charge in [-0.1, -0.05) is 0 Å². The Balaban J connectivity index is 1.74. The molecular formula is C16H17N3O2. The maximum atomic E-state index is 11.1. The molecule has 0 saturated heterocycles. The topological polar surface area (TPSA) is 68.1 Å². The van der Waals surface area contributed by atoms with Gasteiger partial charge in [0.15, 0.2) is 0 Å². The quantitative estimate of drug-likeness (QED) is 0.670. The van der Waals surface area contributed by atoms with Crippen LogP contribution < -0.4 is 5.32 Å². The number of hydrogen-bond donors (Lipinski definition) is 1. The second-order valence-electron chi connectivity index (χ2n) is 6.16. The van der Waals surface area contributed by atoms with Crippen molar-refractivity contribution in [2.45, 2.75) is 31.7 Å². The van der Waals surface area contributed by atoms with Gasteiger partial charge < -0.3 is 5.32 Å². The third kappa shape index (κ3) is 2.33. The zero-order valence-electron chi connectivity index (χ0n) is 11.7. The van der Waals surface area contributed by atoms with Crippen LogP contribution in [0.3, 0.4) is 0 Å². The van der Waals surface area contributed by atoms with Gasteiger partial charge in [-0.2, -0.15) is 0 Å². The highest BCUT2D eigenvalue weighted by Gasteiger charge is 2.41. The highest BCUT2D eigenvalue weighted by Crippen LogP contribution is 2.46. The summed E-state index contributed by atoms with van der Waals surface area (Å²) in [7, 11) is 0. The lowest BCUT2D eigenvalue weighted by Crippen LogP contribution is -2.24. The molecule has 1 N–H and O–H groups in total. The molecule has 0 aliphatic heterocycles. The lowest BCUT2D eigenvalue weighted by molar-refractivity contribution is -0.383. The van der Waals surface area contributed by atoms with Gasteiger partial charge >= 0.3 is 0 Å². The predicted octanol–water partition coefficient (Wildman–Crippen LogP) is 3.74. The summed E-state index contributed by atoms with van der Waals surface area (Å²) in [5.41, 5.74) is 1.12. The highest BCUT2D eigenvalue weighted by molar-refractivity contribution is 5.99. The van der Waals surface area contributed by atoms with Gasteiger partial charge in [-0.05, 0) is 49.7 Å². The summed E-state index contributed by atoms with van der Waals surface area (Å²) in [6.07, 6.45) is 8.50. The fourth-order valence-electron chi connectivity index (χ4n) is 3.17. The molecule has 21 heavy (non-hydrogen) atoms. The Labute approximate surface area is 122 Å². The number of anilines is 1. The molecule has 0 radical (unpaired) electrons. The number of hydrogen-bond acceptors (Lipinski definition) is 4. The van der Waals surface area contributed by atoms with Gasteiger partial charge in [-0.25, -0.2) is 0 Å². The van der Waals surface area contributed by atoms with Crippen molar-refractivity contribution in [2.75, 3.05) is 5.32 Å². The van der Waals surface area contributed by atoms with Crippen LogP contribution in [0, 0.1) is 22.0 Å². The fraction of sp³-hybridized carbons (Fsp3) is 0.438. The number of nitro groups is 1. The molecule has 0 bridgehead atoms. The molecule has 5 heteroatoms. The van der Waals surface area contributed by atoms with Gasteiger partial charge in [0.05, 0.1) is 10.3 Å². The molecule has 5 nitrogen and oxygen atoms in total. The van der Waals surface area contributed by atoms with Crippen molar-refractivity contribution in [1.82, 2.24) is 4.98 Å². The largest absolute Gasteiger partial charge is 0.381 e. The average Bonchev–Trinajstić information content (AvgIpc) is 3.38. The Bertz CT molecular complexity index is 696. The Morgan fingerprint density at radius 1 is 1.14 bits per heavy atom. The number of non-ortho nitro benzene ring substituents is 1. The number of benzene rings is 1. The maximum Gasteiger partial charge on any atom is 0.278 e. The van der Waals surface area contributed by atoms with Crippen molar-refractivity contribution in [3.63, 3.8) is 0 Å². The van der Waals surface area contributed by atoms with Crippen LogP contribution in [-0.4, -0.2) is 15.9 Å². The van der Waals surface area contributed by atoms with Crippen molar-refractivity contribution >= 4 is 22.1 Å². The van der Waals surface area contributed by atoms with Crippen LogP contribution in [0.25, 0.3) is 10.8 Å². The first-order chi connectivity index (χ1) is 10.2. The lowest BCUT2D eigenvalue weighted by atomic mass is 10.0. The number of aromatic nitrogens is 1. The summed E-state index contributed by atoms with van der Waals surface area (Å²) < 4.78 is 0. The van der Waals surface area contributed by atoms with Gasteiger partial charge in [0.2, 0.25) is 0 Å². The molecule has 1 heterocycles. The fourth-order valence-corrected chi connectivity index (χ4v) is 3.17. The molecule has 0 atom stereocenters. The van der Waals surface area contributed by atoms with Gasteiger partial charge in [0.1, 0.15) is 0 Å². The second kappa shape index (κ2) is 4.69. The van der Waals surface area contributed by atoms with Crippen LogP contribution in [0.2, 0.25) is 0 Å². The number of fused-ring (bicyclic) bond motifs is 1. The van der Waals surface area contributed by atoms with Crippen molar-refractivity contribution in [1.29, 1.82) is 0 Å². The van der Waals surface area contributed by atoms with E-state index in [1.165, 1.54) is 25.7 Å². The number of nitrogens with one attached hydrogen (secondary N) is 1. The third-order valence-electron chi connectivity index (χ3n) is 4.57. The van der Waals surface area contributed by atoms with Crippen LogP contribution in [0.4, 0.5) is 11.4 Å². The van der Waals surface area contributed by atoms with E-state index >= 15 is 0 Å². The van der Waals surface area contributed by atoms with E-state index < -0.39 is 0 Å². The maximum absolute atomic E-state index is 11.1. The normalized spacial score (nSPS) is 18.1. The van der Waals surface area contributed by atoms with Crippen LogP contribution in [0.1, 0.15) is 25.7 Å². The Kier molecular flexibility index (Phi) is 2.80. The van der Waals surface area contributed by atoms with Crippen molar-refractivity contribution in [3.8, 4) is 0 Å². The predicted molar refractivity (Wildman–Crippen MR) is 81.3 cm³/mol. The first kappa shape index (κ1) is 12.6. The summed E-state index contributed by atoms with van der Waals surface area (Å²) in [6.45, 7) is 0. The van der Waals surface area contributed by atoms with Crippen LogP contribution >= 0.6 is 0 Å². The molecular weight excluding hydrogens is 266 g/mol. The standard InChI is InChI=1S/C16H17N3O2/c20-19(21)15-6-5-14(12-7-8-17-9-13(12)15)18-16(10-1-2-10)11-3-4-11/h5-11,16,18H,1-4H2. The van der Waals surface area contributed by atoms with E-state index in [0.29, 0.717) is 11.4 Å². The van der Waals surface area contributed by atoms with Gasteiger partial charge in [0.25, 0.3) is 5.69 Å². The molecule has 2 fully saturated rings. The van der Waals surface area contributed by atoms with E-state index in [1.54, 1.807) is 18.5 Å². The molecule has 2 aliphatic rings. The first-order valence-corrected chi connectivity index (χ1v) is 7.51. The SMILES string of the molecule is O=[N+]([O-])c1ccc(NC(C2CC2)C2CC2)c2ccncc12. The minimum absolute atomic E-state index is 0.123. The summed E-state index contributed by atoms with van der Waals surface area (Å²) in [6, 6.07) is 5.82. The molecule has 0 spiro atoms. The Morgan fingerprint density at radius 3 is 2.48 bits per heavy atom. The minimum Gasteiger partial charge on any atom is -0.381 e. The van der Waals surface area contributed by atoms with Crippen LogP contribution in [0.15, 0.2) is 30.6 Å². The molecule has 0 amide bonds. The summed E-state index contributed by atoms with van der Waals surface area (Å²) >= 11 is 0. The number of pyridine rings is 1. The van der Waals surface area contributed by atoms with Gasteiger partial charge in [-0.15, -0.1) is 0 Å². The van der Waals surface area contributed by atoms with Crippen LogP contribution in [-0.2, 0) is 0 Å². The van der Waals surface area contributed by atoms with Crippen LogP contribution in [0.5, 0.6) is 0 Å². The van der Waals surface area contributed by atoms with E-state index in [0.717, 1.165) is 22.9 Å². The van der Waals surface area contributed by atoms with Gasteiger partial charge in [-0.3, -0.25) is 15.1 Å². The molecule has 0 unspecified atom stereocenters. The zero-order valence-corrected chi connectivity index (χ0v) is 11.7. The van der Waals surface area contributed by atoms with E-state index in [-0.39, 0.29) is 10.6 Å². The van der Waals surface area contributed by atoms with E-state index in [1.807, 2.05) is 12.1 Å². The summed E-state index contributed by atoms with van der Waals surface area (Å²) in [5.74, 6) is 1.56. The minimum atomic E-state index is -0.340. The molecule has 1 aromatic heterocycles. The summed E-state index contributed by atoms with van der Waals surface area (Å²) in [4.78, 5) is 14.8.